The first kappa shape index (κ1) is 24.0. The Morgan fingerprint density at radius 1 is 1.06 bits per heavy atom. The predicted molar refractivity (Wildman–Crippen MR) is 105 cm³/mol. The fourth-order valence-electron chi connectivity index (χ4n) is 4.37. The van der Waals surface area contributed by atoms with Crippen LogP contribution >= 0.6 is 0 Å². The number of rotatable bonds is 3. The number of fused-ring (bicyclic) bond motifs is 1. The molecule has 5 nitrogen and oxygen atoms in total. The van der Waals surface area contributed by atoms with Crippen LogP contribution in [-0.2, 0) is 4.74 Å². The Bertz CT molecular complexity index is 1340. The highest BCUT2D eigenvalue weighted by Gasteiger charge is 2.65. The second kappa shape index (κ2) is 7.97. The van der Waals surface area contributed by atoms with Crippen LogP contribution in [0.15, 0.2) is 29.1 Å². The first-order chi connectivity index (χ1) is 15.8. The molecule has 0 saturated carbocycles. The summed E-state index contributed by atoms with van der Waals surface area (Å²) in [7, 11) is 1.02. The molecule has 182 valence electrons. The lowest BCUT2D eigenvalue weighted by atomic mass is 9.77. The molecule has 1 aliphatic rings. The molecular weight excluding hydrogens is 473 g/mol. The topological polar surface area (TPSA) is 64.2 Å². The van der Waals surface area contributed by atoms with Gasteiger partial charge >= 0.3 is 6.18 Å². The van der Waals surface area contributed by atoms with E-state index in [0.29, 0.717) is 6.07 Å². The molecule has 3 aromatic rings. The highest BCUT2D eigenvalue weighted by molar-refractivity contribution is 5.78. The van der Waals surface area contributed by atoms with Crippen LogP contribution in [0.25, 0.3) is 10.9 Å². The van der Waals surface area contributed by atoms with Crippen LogP contribution in [0.4, 0.5) is 30.7 Å². The molecule has 0 radical (unpaired) electrons. The van der Waals surface area contributed by atoms with Crippen molar-refractivity contribution in [3.05, 3.63) is 69.3 Å². The van der Waals surface area contributed by atoms with E-state index < -0.39 is 75.5 Å². The second-order valence-electron chi connectivity index (χ2n) is 8.15. The van der Waals surface area contributed by atoms with Crippen molar-refractivity contribution >= 4 is 10.9 Å². The van der Waals surface area contributed by atoms with Crippen LogP contribution in [0.2, 0.25) is 0 Å². The zero-order valence-electron chi connectivity index (χ0n) is 17.9. The number of ether oxygens (including phenoxy) is 2. The standard InChI is InChI=1S/C22H17F7N2O3/c1-8-13(9-4-5-11(24)16(26)17(9)33-3)18(34-21(8,2)22(27,28)29)19-30-12-7-6-10(23)15(25)14(12)20(32)31-19/h4-8,13,18H,1-3H3,(H,30,31,32)/t8-,13-,18+,21+/m0/s1. The van der Waals surface area contributed by atoms with Gasteiger partial charge in [-0.25, -0.2) is 18.2 Å². The van der Waals surface area contributed by atoms with Crippen LogP contribution in [0.1, 0.15) is 37.3 Å². The van der Waals surface area contributed by atoms with Gasteiger partial charge in [-0.3, -0.25) is 4.79 Å². The highest BCUT2D eigenvalue weighted by Crippen LogP contribution is 2.59. The normalized spacial score (nSPS) is 25.2. The van der Waals surface area contributed by atoms with Gasteiger partial charge in [0, 0.05) is 17.4 Å². The van der Waals surface area contributed by atoms with Gasteiger partial charge in [0.2, 0.25) is 5.82 Å². The molecule has 0 bridgehead atoms. The number of hydrogen-bond acceptors (Lipinski definition) is 4. The minimum Gasteiger partial charge on any atom is -0.493 e. The number of nitrogens with zero attached hydrogens (tertiary/aromatic N) is 1. The predicted octanol–water partition coefficient (Wildman–Crippen LogP) is 5.30. The first-order valence-electron chi connectivity index (χ1n) is 9.96. The maximum absolute atomic E-state index is 14.4. The Kier molecular flexibility index (Phi) is 5.62. The smallest absolute Gasteiger partial charge is 0.417 e. The van der Waals surface area contributed by atoms with E-state index >= 15 is 0 Å². The summed E-state index contributed by atoms with van der Waals surface area (Å²) in [5.74, 6) is -9.27. The Morgan fingerprint density at radius 3 is 2.29 bits per heavy atom. The fraction of sp³-hybridized carbons (Fsp3) is 0.364. The molecule has 12 heteroatoms. The molecule has 2 aromatic carbocycles. The summed E-state index contributed by atoms with van der Waals surface area (Å²) in [6.45, 7) is 1.98. The number of hydrogen-bond donors (Lipinski definition) is 1. The molecule has 1 saturated heterocycles. The van der Waals surface area contributed by atoms with Crippen molar-refractivity contribution in [1.82, 2.24) is 9.97 Å². The van der Waals surface area contributed by atoms with E-state index in [9.17, 15) is 35.5 Å². The van der Waals surface area contributed by atoms with E-state index in [1.165, 1.54) is 6.92 Å². The molecule has 0 spiro atoms. The maximum atomic E-state index is 14.4. The maximum Gasteiger partial charge on any atom is 0.417 e. The average Bonchev–Trinajstić information content (AvgIpc) is 3.04. The van der Waals surface area contributed by atoms with Gasteiger partial charge in [-0.05, 0) is 25.1 Å². The number of methoxy groups -OCH3 is 1. The minimum absolute atomic E-state index is 0.153. The molecule has 0 unspecified atom stereocenters. The lowest BCUT2D eigenvalue weighted by Crippen LogP contribution is -2.46. The van der Waals surface area contributed by atoms with E-state index in [1.54, 1.807) is 0 Å². The number of halogens is 7. The third kappa shape index (κ3) is 3.42. The van der Waals surface area contributed by atoms with E-state index in [-0.39, 0.29) is 11.1 Å². The van der Waals surface area contributed by atoms with Gasteiger partial charge in [-0.2, -0.15) is 17.6 Å². The van der Waals surface area contributed by atoms with Crippen molar-refractivity contribution in [1.29, 1.82) is 0 Å². The highest BCUT2D eigenvalue weighted by atomic mass is 19.4. The first-order valence-corrected chi connectivity index (χ1v) is 9.96. The van der Waals surface area contributed by atoms with Gasteiger partial charge in [0.15, 0.2) is 28.8 Å². The Hall–Kier alpha value is -3.15. The van der Waals surface area contributed by atoms with E-state index in [4.69, 9.17) is 9.47 Å². The van der Waals surface area contributed by atoms with Crippen molar-refractivity contribution in [2.45, 2.75) is 37.6 Å². The Balaban J connectivity index is 1.97. The van der Waals surface area contributed by atoms with Crippen LogP contribution in [-0.4, -0.2) is 28.9 Å². The molecular formula is C22H17F7N2O3. The number of alkyl halides is 3. The molecule has 34 heavy (non-hydrogen) atoms. The summed E-state index contributed by atoms with van der Waals surface area (Å²) in [6.07, 6.45) is -6.54. The number of nitrogens with one attached hydrogen (secondary N) is 1. The minimum atomic E-state index is -4.91. The molecule has 0 aliphatic carbocycles. The molecule has 0 amide bonds. The quantitative estimate of drug-likeness (QED) is 0.507. The van der Waals surface area contributed by atoms with Crippen molar-refractivity contribution in [3.8, 4) is 5.75 Å². The van der Waals surface area contributed by atoms with Crippen LogP contribution in [0.5, 0.6) is 5.75 Å². The zero-order valence-corrected chi connectivity index (χ0v) is 17.9. The lowest BCUT2D eigenvalue weighted by molar-refractivity contribution is -0.275. The molecule has 4 rings (SSSR count). The fourth-order valence-corrected chi connectivity index (χ4v) is 4.37. The molecule has 1 aromatic heterocycles. The van der Waals surface area contributed by atoms with E-state index in [0.717, 1.165) is 32.2 Å². The third-order valence-electron chi connectivity index (χ3n) is 6.36. The van der Waals surface area contributed by atoms with Crippen molar-refractivity contribution in [2.24, 2.45) is 5.92 Å². The summed E-state index contributed by atoms with van der Waals surface area (Å²) >= 11 is 0. The van der Waals surface area contributed by atoms with Gasteiger partial charge in [-0.1, -0.05) is 13.0 Å². The van der Waals surface area contributed by atoms with Gasteiger partial charge in [0.1, 0.15) is 17.3 Å². The number of aromatic amines is 1. The van der Waals surface area contributed by atoms with E-state index in [1.807, 2.05) is 0 Å². The summed E-state index contributed by atoms with van der Waals surface area (Å²) in [6, 6.07) is 3.49. The lowest BCUT2D eigenvalue weighted by Gasteiger charge is -2.32. The molecule has 1 fully saturated rings. The molecule has 1 aliphatic heterocycles. The molecule has 1 N–H and O–H groups in total. The van der Waals surface area contributed by atoms with Crippen LogP contribution < -0.4 is 10.3 Å². The summed E-state index contributed by atoms with van der Waals surface area (Å²) in [4.78, 5) is 18.7. The van der Waals surface area contributed by atoms with Crippen molar-refractivity contribution in [3.63, 3.8) is 0 Å². The largest absolute Gasteiger partial charge is 0.493 e. The van der Waals surface area contributed by atoms with E-state index in [2.05, 4.69) is 9.97 Å². The summed E-state index contributed by atoms with van der Waals surface area (Å²) in [5.41, 5.74) is -4.42. The summed E-state index contributed by atoms with van der Waals surface area (Å²) < 4.78 is 108. The van der Waals surface area contributed by atoms with Crippen LogP contribution in [0, 0.1) is 29.2 Å². The SMILES string of the molecule is COc1c([C@H]2[C@H](c3nc4ccc(F)c(F)c4c(=O)[nH]3)O[C@@](C)(C(F)(F)F)[C@H]2C)ccc(F)c1F. The second-order valence-corrected chi connectivity index (χ2v) is 8.15. The zero-order chi connectivity index (χ0) is 25.2. The third-order valence-corrected chi connectivity index (χ3v) is 6.36. The Labute approximate surface area is 187 Å². The van der Waals surface area contributed by atoms with Crippen LogP contribution in [0.3, 0.4) is 0 Å². The van der Waals surface area contributed by atoms with Gasteiger partial charge in [-0.15, -0.1) is 0 Å². The molecule has 2 heterocycles. The summed E-state index contributed by atoms with van der Waals surface area (Å²) in [5, 5.41) is -0.727. The van der Waals surface area contributed by atoms with Crippen molar-refractivity contribution < 1.29 is 40.2 Å². The number of benzene rings is 2. The van der Waals surface area contributed by atoms with Gasteiger partial charge < -0.3 is 14.5 Å². The average molecular weight is 490 g/mol. The Morgan fingerprint density at radius 2 is 1.68 bits per heavy atom. The van der Waals surface area contributed by atoms with Crippen molar-refractivity contribution in [2.75, 3.05) is 7.11 Å². The number of H-pyrrole nitrogens is 1. The molecule has 4 atom stereocenters. The van der Waals surface area contributed by atoms with Gasteiger partial charge in [0.05, 0.1) is 12.6 Å². The monoisotopic (exact) mass is 490 g/mol. The number of aromatic nitrogens is 2. The van der Waals surface area contributed by atoms with Gasteiger partial charge in [0.25, 0.3) is 5.56 Å².